The number of nitrogens with one attached hydrogen (secondary N) is 1. The van der Waals surface area contributed by atoms with E-state index in [1.54, 1.807) is 13.8 Å². The van der Waals surface area contributed by atoms with Crippen molar-refractivity contribution < 1.29 is 13.6 Å². The lowest BCUT2D eigenvalue weighted by atomic mass is 10.0. The van der Waals surface area contributed by atoms with Gasteiger partial charge in [-0.3, -0.25) is 4.79 Å². The predicted octanol–water partition coefficient (Wildman–Crippen LogP) is 2.66. The molecule has 7 heteroatoms. The second kappa shape index (κ2) is 6.25. The van der Waals surface area contributed by atoms with Gasteiger partial charge in [-0.25, -0.2) is 8.78 Å². The molecule has 1 amide bonds. The summed E-state index contributed by atoms with van der Waals surface area (Å²) in [5.74, 6) is -2.64. The van der Waals surface area contributed by atoms with Gasteiger partial charge in [0.15, 0.2) is 0 Å². The number of benzene rings is 1. The van der Waals surface area contributed by atoms with Crippen LogP contribution in [-0.4, -0.2) is 16.9 Å². The highest BCUT2D eigenvalue weighted by Crippen LogP contribution is 2.19. The molecule has 0 radical (unpaired) electrons. The minimum atomic E-state index is -0.908. The fraction of sp³-hybridized carbons (Fsp3) is 0.333. The van der Waals surface area contributed by atoms with Crippen LogP contribution < -0.4 is 11.1 Å². The Bertz CT molecular complexity index is 523. The van der Waals surface area contributed by atoms with Crippen molar-refractivity contribution in [2.24, 2.45) is 11.7 Å². The second-order valence-corrected chi connectivity index (χ2v) is 5.22. The first-order chi connectivity index (χ1) is 8.73. The number of amides is 1. The van der Waals surface area contributed by atoms with Gasteiger partial charge in [-0.05, 0) is 18.1 Å². The number of thiocarbonyl (C=S) groups is 1. The van der Waals surface area contributed by atoms with E-state index in [4.69, 9.17) is 29.6 Å². The summed E-state index contributed by atoms with van der Waals surface area (Å²) in [7, 11) is 0. The van der Waals surface area contributed by atoms with Crippen LogP contribution in [0.25, 0.3) is 0 Å². The number of rotatable bonds is 4. The molecule has 1 atom stereocenters. The maximum Gasteiger partial charge on any atom is 0.254 e. The first-order valence-electron chi connectivity index (χ1n) is 5.48. The Balaban J connectivity index is 3.01. The summed E-state index contributed by atoms with van der Waals surface area (Å²) in [6, 6.07) is 0.890. The van der Waals surface area contributed by atoms with Crippen LogP contribution in [0, 0.1) is 17.6 Å². The van der Waals surface area contributed by atoms with Crippen LogP contribution in [-0.2, 0) is 0 Å². The number of carbonyl (C=O) groups excluding carboxylic acids is 1. The van der Waals surface area contributed by atoms with E-state index in [9.17, 15) is 13.6 Å². The minimum Gasteiger partial charge on any atom is -0.392 e. The molecule has 0 spiro atoms. The molecule has 19 heavy (non-hydrogen) atoms. The summed E-state index contributed by atoms with van der Waals surface area (Å²) < 4.78 is 26.8. The normalized spacial score (nSPS) is 12.3. The molecule has 0 fully saturated rings. The summed E-state index contributed by atoms with van der Waals surface area (Å²) in [6.07, 6.45) is 0. The second-order valence-electron chi connectivity index (χ2n) is 4.34. The van der Waals surface area contributed by atoms with Crippen molar-refractivity contribution in [3.63, 3.8) is 0 Å². The zero-order valence-corrected chi connectivity index (χ0v) is 11.9. The van der Waals surface area contributed by atoms with Crippen LogP contribution in [0.3, 0.4) is 0 Å². The molecule has 104 valence electrons. The van der Waals surface area contributed by atoms with Crippen LogP contribution >= 0.6 is 23.8 Å². The first-order valence-corrected chi connectivity index (χ1v) is 6.27. The average molecular weight is 307 g/mol. The van der Waals surface area contributed by atoms with E-state index in [-0.39, 0.29) is 15.9 Å². The molecule has 0 aliphatic rings. The number of nitrogens with two attached hydrogens (primary N) is 1. The number of halogens is 3. The largest absolute Gasteiger partial charge is 0.392 e. The maximum absolute atomic E-state index is 13.6. The first kappa shape index (κ1) is 15.8. The monoisotopic (exact) mass is 306 g/mol. The SMILES string of the molecule is CC(C)C(NC(=O)c1cc(F)c(Cl)cc1F)C(N)=S. The molecule has 0 aliphatic carbocycles. The third-order valence-corrected chi connectivity index (χ3v) is 3.06. The fourth-order valence-electron chi connectivity index (χ4n) is 1.48. The number of carbonyl (C=O) groups is 1. The zero-order chi connectivity index (χ0) is 14.7. The van der Waals surface area contributed by atoms with Crippen molar-refractivity contribution in [1.82, 2.24) is 5.32 Å². The Hall–Kier alpha value is -1.27. The van der Waals surface area contributed by atoms with Gasteiger partial charge in [0.2, 0.25) is 0 Å². The average Bonchev–Trinajstić information content (AvgIpc) is 2.29. The molecule has 0 aromatic heterocycles. The van der Waals surface area contributed by atoms with Gasteiger partial charge in [0.05, 0.1) is 21.6 Å². The Morgan fingerprint density at radius 1 is 1.37 bits per heavy atom. The van der Waals surface area contributed by atoms with Crippen LogP contribution in [0.1, 0.15) is 24.2 Å². The molecule has 0 bridgehead atoms. The molecule has 1 unspecified atom stereocenters. The van der Waals surface area contributed by atoms with Gasteiger partial charge in [0, 0.05) is 0 Å². The zero-order valence-electron chi connectivity index (χ0n) is 10.3. The van der Waals surface area contributed by atoms with E-state index in [1.807, 2.05) is 0 Å². The van der Waals surface area contributed by atoms with Gasteiger partial charge in [-0.2, -0.15) is 0 Å². The molecule has 1 rings (SSSR count). The highest BCUT2D eigenvalue weighted by molar-refractivity contribution is 7.80. The van der Waals surface area contributed by atoms with Crippen LogP contribution in [0.2, 0.25) is 5.02 Å². The van der Waals surface area contributed by atoms with Gasteiger partial charge in [0.1, 0.15) is 11.6 Å². The third-order valence-electron chi connectivity index (χ3n) is 2.51. The highest BCUT2D eigenvalue weighted by Gasteiger charge is 2.22. The lowest BCUT2D eigenvalue weighted by Gasteiger charge is -2.21. The summed E-state index contributed by atoms with van der Waals surface area (Å²) in [5, 5.41) is 2.08. The van der Waals surface area contributed by atoms with Crippen molar-refractivity contribution in [3.05, 3.63) is 34.4 Å². The van der Waals surface area contributed by atoms with Crippen molar-refractivity contribution in [2.75, 3.05) is 0 Å². The highest BCUT2D eigenvalue weighted by atomic mass is 35.5. The number of hydrogen-bond donors (Lipinski definition) is 2. The molecular weight excluding hydrogens is 294 g/mol. The molecule has 1 aromatic rings. The maximum atomic E-state index is 13.6. The molecule has 3 nitrogen and oxygen atoms in total. The summed E-state index contributed by atoms with van der Waals surface area (Å²) in [6.45, 7) is 3.59. The Labute approximate surface area is 120 Å². The Morgan fingerprint density at radius 3 is 2.42 bits per heavy atom. The van der Waals surface area contributed by atoms with E-state index in [1.165, 1.54) is 0 Å². The predicted molar refractivity (Wildman–Crippen MR) is 74.2 cm³/mol. The van der Waals surface area contributed by atoms with Gasteiger partial charge in [-0.1, -0.05) is 37.7 Å². The number of hydrogen-bond acceptors (Lipinski definition) is 2. The summed E-state index contributed by atoms with van der Waals surface area (Å²) in [5.41, 5.74) is 5.04. The van der Waals surface area contributed by atoms with E-state index in [0.717, 1.165) is 12.1 Å². The Kier molecular flexibility index (Phi) is 5.20. The van der Waals surface area contributed by atoms with Gasteiger partial charge >= 0.3 is 0 Å². The minimum absolute atomic E-state index is 0.0679. The van der Waals surface area contributed by atoms with Crippen LogP contribution in [0.5, 0.6) is 0 Å². The molecule has 0 saturated carbocycles. The van der Waals surface area contributed by atoms with Crippen molar-refractivity contribution in [1.29, 1.82) is 0 Å². The Morgan fingerprint density at radius 2 is 1.95 bits per heavy atom. The molecule has 0 saturated heterocycles. The van der Waals surface area contributed by atoms with Crippen LogP contribution in [0.4, 0.5) is 8.78 Å². The van der Waals surface area contributed by atoms with E-state index >= 15 is 0 Å². The van der Waals surface area contributed by atoms with Crippen LogP contribution in [0.15, 0.2) is 12.1 Å². The molecule has 3 N–H and O–H groups in total. The van der Waals surface area contributed by atoms with E-state index in [0.29, 0.717) is 0 Å². The molecule has 1 aromatic carbocycles. The van der Waals surface area contributed by atoms with E-state index in [2.05, 4.69) is 5.32 Å². The molecular formula is C12H13ClF2N2OS. The lowest BCUT2D eigenvalue weighted by molar-refractivity contribution is 0.0935. The smallest absolute Gasteiger partial charge is 0.254 e. The van der Waals surface area contributed by atoms with Crippen molar-refractivity contribution >= 4 is 34.7 Å². The third kappa shape index (κ3) is 3.84. The molecule has 0 aliphatic heterocycles. The lowest BCUT2D eigenvalue weighted by Crippen LogP contribution is -2.47. The quantitative estimate of drug-likeness (QED) is 0.664. The van der Waals surface area contributed by atoms with Gasteiger partial charge < -0.3 is 11.1 Å². The molecule has 0 heterocycles. The van der Waals surface area contributed by atoms with Crippen molar-refractivity contribution in [3.8, 4) is 0 Å². The topological polar surface area (TPSA) is 55.1 Å². The van der Waals surface area contributed by atoms with E-state index < -0.39 is 29.1 Å². The van der Waals surface area contributed by atoms with Gasteiger partial charge in [-0.15, -0.1) is 0 Å². The standard InChI is InChI=1S/C12H13ClF2N2OS/c1-5(2)10(11(16)19)17-12(18)6-3-9(15)7(13)4-8(6)14/h3-5,10H,1-2H3,(H2,16,19)(H,17,18). The summed E-state index contributed by atoms with van der Waals surface area (Å²) in [4.78, 5) is 12.0. The fourth-order valence-corrected chi connectivity index (χ4v) is 1.96. The van der Waals surface area contributed by atoms with Crippen molar-refractivity contribution in [2.45, 2.75) is 19.9 Å². The summed E-state index contributed by atoms with van der Waals surface area (Å²) >= 11 is 10.2. The van der Waals surface area contributed by atoms with Gasteiger partial charge in [0.25, 0.3) is 5.91 Å².